The summed E-state index contributed by atoms with van der Waals surface area (Å²) in [4.78, 5) is 24.9. The fraction of sp³-hybridized carbons (Fsp3) is 0.130. The second-order valence-corrected chi connectivity index (χ2v) is 6.67. The van der Waals surface area contributed by atoms with Crippen LogP contribution in [-0.4, -0.2) is 25.0 Å². The van der Waals surface area contributed by atoms with Crippen molar-refractivity contribution in [1.82, 2.24) is 0 Å². The summed E-state index contributed by atoms with van der Waals surface area (Å²) < 4.78 is 10.8. The minimum absolute atomic E-state index is 0.211. The third kappa shape index (κ3) is 4.21. The number of rotatable bonds is 5. The highest BCUT2D eigenvalue weighted by molar-refractivity contribution is 6.04. The summed E-state index contributed by atoms with van der Waals surface area (Å²) in [7, 11) is 1.59. The summed E-state index contributed by atoms with van der Waals surface area (Å²) in [6.07, 6.45) is -0.00452. The Morgan fingerprint density at radius 1 is 0.897 bits per heavy atom. The molecule has 1 atom stereocenters. The Bertz CT molecular complexity index is 1000. The van der Waals surface area contributed by atoms with E-state index in [0.29, 0.717) is 23.4 Å². The van der Waals surface area contributed by atoms with Gasteiger partial charge >= 0.3 is 0 Å². The summed E-state index contributed by atoms with van der Waals surface area (Å²) in [6.45, 7) is 0. The van der Waals surface area contributed by atoms with Crippen LogP contribution in [0.15, 0.2) is 72.8 Å². The van der Waals surface area contributed by atoms with Crippen LogP contribution in [-0.2, 0) is 11.2 Å². The first kappa shape index (κ1) is 18.6. The van der Waals surface area contributed by atoms with Gasteiger partial charge in [-0.1, -0.05) is 18.2 Å². The molecule has 4 rings (SSSR count). The molecule has 0 aromatic heterocycles. The van der Waals surface area contributed by atoms with Gasteiger partial charge in [-0.25, -0.2) is 0 Å². The lowest BCUT2D eigenvalue weighted by molar-refractivity contribution is -0.122. The topological polar surface area (TPSA) is 76.7 Å². The van der Waals surface area contributed by atoms with Crippen LogP contribution in [0.5, 0.6) is 11.5 Å². The number of methoxy groups -OCH3 is 1. The number of ether oxygens (including phenoxy) is 2. The smallest absolute Gasteiger partial charge is 0.265 e. The lowest BCUT2D eigenvalue weighted by Gasteiger charge is -2.12. The van der Waals surface area contributed by atoms with Crippen molar-refractivity contribution in [3.05, 3.63) is 83.9 Å². The van der Waals surface area contributed by atoms with Gasteiger partial charge in [0.1, 0.15) is 11.5 Å². The van der Waals surface area contributed by atoms with Crippen molar-refractivity contribution in [3.63, 3.8) is 0 Å². The van der Waals surface area contributed by atoms with E-state index in [9.17, 15) is 9.59 Å². The molecule has 1 aliphatic rings. The molecule has 0 saturated carbocycles. The number of benzene rings is 3. The van der Waals surface area contributed by atoms with Gasteiger partial charge in [0.05, 0.1) is 7.11 Å². The predicted octanol–water partition coefficient (Wildman–Crippen LogP) is 3.89. The lowest BCUT2D eigenvalue weighted by Crippen LogP contribution is -2.31. The number of hydrogen-bond acceptors (Lipinski definition) is 4. The zero-order chi connectivity index (χ0) is 20.2. The van der Waals surface area contributed by atoms with Gasteiger partial charge in [0.15, 0.2) is 6.10 Å². The molecule has 3 aromatic carbocycles. The fourth-order valence-electron chi connectivity index (χ4n) is 3.13. The Morgan fingerprint density at radius 3 is 2.24 bits per heavy atom. The molecule has 6 heteroatoms. The molecule has 6 nitrogen and oxygen atoms in total. The largest absolute Gasteiger partial charge is 0.497 e. The average Bonchev–Trinajstić information content (AvgIpc) is 3.19. The van der Waals surface area contributed by atoms with E-state index in [4.69, 9.17) is 9.47 Å². The molecule has 29 heavy (non-hydrogen) atoms. The van der Waals surface area contributed by atoms with E-state index in [-0.39, 0.29) is 11.8 Å². The number of anilines is 2. The van der Waals surface area contributed by atoms with E-state index in [1.165, 1.54) is 0 Å². The van der Waals surface area contributed by atoms with Crippen LogP contribution in [0.4, 0.5) is 11.4 Å². The second kappa shape index (κ2) is 8.06. The highest BCUT2D eigenvalue weighted by atomic mass is 16.5. The monoisotopic (exact) mass is 388 g/mol. The summed E-state index contributed by atoms with van der Waals surface area (Å²) >= 11 is 0. The number of hydrogen-bond donors (Lipinski definition) is 2. The summed E-state index contributed by atoms with van der Waals surface area (Å²) in [5.41, 5.74) is 2.79. The molecular weight excluding hydrogens is 368 g/mol. The molecule has 0 fully saturated rings. The molecule has 0 spiro atoms. The normalized spacial score (nSPS) is 14.4. The minimum Gasteiger partial charge on any atom is -0.497 e. The first-order chi connectivity index (χ1) is 14.1. The second-order valence-electron chi connectivity index (χ2n) is 6.67. The Kier molecular flexibility index (Phi) is 5.16. The Hall–Kier alpha value is -3.80. The van der Waals surface area contributed by atoms with E-state index < -0.39 is 6.10 Å². The van der Waals surface area contributed by atoms with E-state index in [2.05, 4.69) is 10.6 Å². The van der Waals surface area contributed by atoms with Gasteiger partial charge in [0, 0.05) is 23.4 Å². The van der Waals surface area contributed by atoms with Gasteiger partial charge in [-0.3, -0.25) is 9.59 Å². The van der Waals surface area contributed by atoms with Gasteiger partial charge in [-0.2, -0.15) is 0 Å². The molecule has 2 amide bonds. The predicted molar refractivity (Wildman–Crippen MR) is 111 cm³/mol. The zero-order valence-electron chi connectivity index (χ0n) is 15.8. The summed E-state index contributed by atoms with van der Waals surface area (Å²) in [5.74, 6) is 1.02. The highest BCUT2D eigenvalue weighted by Crippen LogP contribution is 2.28. The van der Waals surface area contributed by atoms with Crippen LogP contribution in [0.1, 0.15) is 15.9 Å². The van der Waals surface area contributed by atoms with Gasteiger partial charge in [0.2, 0.25) is 0 Å². The molecule has 0 radical (unpaired) electrons. The molecule has 0 aliphatic carbocycles. The van der Waals surface area contributed by atoms with E-state index in [1.807, 2.05) is 24.3 Å². The fourth-order valence-corrected chi connectivity index (χ4v) is 3.13. The molecule has 3 aromatic rings. The van der Waals surface area contributed by atoms with E-state index >= 15 is 0 Å². The van der Waals surface area contributed by atoms with Crippen LogP contribution in [0.25, 0.3) is 0 Å². The number of amides is 2. The van der Waals surface area contributed by atoms with Crippen molar-refractivity contribution in [2.75, 3.05) is 17.7 Å². The van der Waals surface area contributed by atoms with Gasteiger partial charge in [0.25, 0.3) is 11.8 Å². The standard InChI is InChI=1S/C23H20N2O4/c1-28-19-12-10-18(11-13-19)24-22(26)15-6-8-17(9-7-15)25-23(27)21-14-16-4-2-3-5-20(16)29-21/h2-13,21H,14H2,1H3,(H,24,26)(H,25,27)/t21-/m1/s1. The van der Waals surface area contributed by atoms with Crippen molar-refractivity contribution >= 4 is 23.2 Å². The van der Waals surface area contributed by atoms with Crippen LogP contribution < -0.4 is 20.1 Å². The molecule has 146 valence electrons. The van der Waals surface area contributed by atoms with Crippen molar-refractivity contribution in [2.24, 2.45) is 0 Å². The SMILES string of the molecule is COc1ccc(NC(=O)c2ccc(NC(=O)[C@H]3Cc4ccccc4O3)cc2)cc1. The van der Waals surface area contributed by atoms with Crippen LogP contribution in [0.2, 0.25) is 0 Å². The van der Waals surface area contributed by atoms with Gasteiger partial charge in [-0.05, 0) is 60.2 Å². The zero-order valence-corrected chi connectivity index (χ0v) is 15.8. The third-order valence-corrected chi connectivity index (χ3v) is 4.70. The van der Waals surface area contributed by atoms with Crippen LogP contribution in [0.3, 0.4) is 0 Å². The van der Waals surface area contributed by atoms with E-state index in [1.54, 1.807) is 55.6 Å². The molecular formula is C23H20N2O4. The van der Waals surface area contributed by atoms with Crippen molar-refractivity contribution in [2.45, 2.75) is 12.5 Å². The van der Waals surface area contributed by atoms with Crippen LogP contribution >= 0.6 is 0 Å². The maximum atomic E-state index is 12.5. The number of para-hydroxylation sites is 1. The summed E-state index contributed by atoms with van der Waals surface area (Å²) in [6, 6.07) is 21.4. The average molecular weight is 388 g/mol. The Balaban J connectivity index is 1.35. The molecule has 0 bridgehead atoms. The van der Waals surface area contributed by atoms with Crippen molar-refractivity contribution < 1.29 is 19.1 Å². The van der Waals surface area contributed by atoms with E-state index in [0.717, 1.165) is 17.1 Å². The molecule has 1 aliphatic heterocycles. The molecule has 2 N–H and O–H groups in total. The number of nitrogens with one attached hydrogen (secondary N) is 2. The maximum absolute atomic E-state index is 12.5. The maximum Gasteiger partial charge on any atom is 0.265 e. The Morgan fingerprint density at radius 2 is 1.55 bits per heavy atom. The van der Waals surface area contributed by atoms with Gasteiger partial charge in [-0.15, -0.1) is 0 Å². The molecule has 1 heterocycles. The molecule has 0 unspecified atom stereocenters. The Labute approximate surface area is 168 Å². The lowest BCUT2D eigenvalue weighted by atomic mass is 10.1. The van der Waals surface area contributed by atoms with Crippen molar-refractivity contribution in [3.8, 4) is 11.5 Å². The van der Waals surface area contributed by atoms with Gasteiger partial charge < -0.3 is 20.1 Å². The third-order valence-electron chi connectivity index (χ3n) is 4.70. The minimum atomic E-state index is -0.551. The number of carbonyl (C=O) groups is 2. The number of carbonyl (C=O) groups excluding carboxylic acids is 2. The quantitative estimate of drug-likeness (QED) is 0.695. The molecule has 0 saturated heterocycles. The first-order valence-corrected chi connectivity index (χ1v) is 9.23. The highest BCUT2D eigenvalue weighted by Gasteiger charge is 2.28. The number of fused-ring (bicyclic) bond motifs is 1. The van der Waals surface area contributed by atoms with Crippen LogP contribution in [0, 0.1) is 0 Å². The first-order valence-electron chi connectivity index (χ1n) is 9.23. The summed E-state index contributed by atoms with van der Waals surface area (Å²) in [5, 5.41) is 5.66. The van der Waals surface area contributed by atoms with Crippen molar-refractivity contribution in [1.29, 1.82) is 0 Å².